The van der Waals surface area contributed by atoms with E-state index in [2.05, 4.69) is 10.6 Å². The van der Waals surface area contributed by atoms with Crippen LogP contribution in [0.1, 0.15) is 36.8 Å². The van der Waals surface area contributed by atoms with Crippen molar-refractivity contribution in [1.29, 1.82) is 0 Å². The van der Waals surface area contributed by atoms with Crippen molar-refractivity contribution in [1.82, 2.24) is 10.2 Å². The number of urea groups is 1. The van der Waals surface area contributed by atoms with Crippen LogP contribution in [-0.4, -0.2) is 34.8 Å². The molecule has 1 aliphatic heterocycles. The average molecular weight is 315 g/mol. The number of anilines is 1. The van der Waals surface area contributed by atoms with Crippen LogP contribution in [0, 0.1) is 13.8 Å². The van der Waals surface area contributed by atoms with Crippen molar-refractivity contribution in [3.05, 3.63) is 29.3 Å². The highest BCUT2D eigenvalue weighted by Gasteiger charge is 2.52. The van der Waals surface area contributed by atoms with Crippen molar-refractivity contribution >= 4 is 23.5 Å². The number of nitrogens with zero attached hydrogens (tertiary/aromatic N) is 1. The van der Waals surface area contributed by atoms with Gasteiger partial charge in [0, 0.05) is 5.69 Å². The van der Waals surface area contributed by atoms with E-state index >= 15 is 0 Å². The molecule has 2 aliphatic rings. The minimum atomic E-state index is -0.767. The highest BCUT2D eigenvalue weighted by Crippen LogP contribution is 2.34. The number of nitrogens with one attached hydrogen (secondary N) is 2. The fourth-order valence-corrected chi connectivity index (χ4v) is 3.42. The molecule has 6 nitrogen and oxygen atoms in total. The monoisotopic (exact) mass is 315 g/mol. The normalized spacial score (nSPS) is 19.3. The first kappa shape index (κ1) is 15.5. The lowest BCUT2D eigenvalue weighted by molar-refractivity contribution is -0.133. The molecule has 1 heterocycles. The van der Waals surface area contributed by atoms with Crippen molar-refractivity contribution in [2.75, 3.05) is 11.9 Å². The van der Waals surface area contributed by atoms with E-state index in [-0.39, 0.29) is 18.4 Å². The third-order valence-electron chi connectivity index (χ3n) is 4.66. The van der Waals surface area contributed by atoms with Crippen LogP contribution in [0.2, 0.25) is 0 Å². The van der Waals surface area contributed by atoms with Gasteiger partial charge in [-0.05, 0) is 38.3 Å². The van der Waals surface area contributed by atoms with Gasteiger partial charge in [0.25, 0.3) is 5.91 Å². The lowest BCUT2D eigenvalue weighted by Crippen LogP contribution is -2.44. The lowest BCUT2D eigenvalue weighted by Gasteiger charge is -2.20. The molecule has 0 bridgehead atoms. The Hall–Kier alpha value is -2.37. The van der Waals surface area contributed by atoms with Gasteiger partial charge in [-0.3, -0.25) is 14.5 Å². The maximum absolute atomic E-state index is 12.5. The molecule has 0 atom stereocenters. The van der Waals surface area contributed by atoms with Gasteiger partial charge in [0.05, 0.1) is 0 Å². The molecule has 1 aromatic rings. The van der Waals surface area contributed by atoms with E-state index < -0.39 is 11.6 Å². The summed E-state index contributed by atoms with van der Waals surface area (Å²) < 4.78 is 0. The molecule has 23 heavy (non-hydrogen) atoms. The summed E-state index contributed by atoms with van der Waals surface area (Å²) in [5.74, 6) is -0.633. The van der Waals surface area contributed by atoms with E-state index in [0.717, 1.165) is 28.9 Å². The molecule has 3 rings (SSSR count). The molecule has 1 aromatic carbocycles. The molecule has 1 saturated carbocycles. The van der Waals surface area contributed by atoms with Gasteiger partial charge in [0.1, 0.15) is 12.1 Å². The van der Waals surface area contributed by atoms with Gasteiger partial charge in [-0.25, -0.2) is 4.79 Å². The zero-order chi connectivity index (χ0) is 16.6. The maximum Gasteiger partial charge on any atom is 0.325 e. The van der Waals surface area contributed by atoms with E-state index in [4.69, 9.17) is 0 Å². The second-order valence-corrected chi connectivity index (χ2v) is 6.48. The zero-order valence-electron chi connectivity index (χ0n) is 13.4. The fraction of sp³-hybridized carbons (Fsp3) is 0.471. The second kappa shape index (κ2) is 5.68. The minimum absolute atomic E-state index is 0.250. The summed E-state index contributed by atoms with van der Waals surface area (Å²) in [6, 6.07) is 5.24. The lowest BCUT2D eigenvalue weighted by atomic mass is 9.98. The van der Waals surface area contributed by atoms with Crippen molar-refractivity contribution in [3.8, 4) is 0 Å². The van der Waals surface area contributed by atoms with E-state index in [1.54, 1.807) is 0 Å². The molecular formula is C17H21N3O3. The first-order valence-corrected chi connectivity index (χ1v) is 7.92. The quantitative estimate of drug-likeness (QED) is 0.839. The van der Waals surface area contributed by atoms with Crippen LogP contribution in [0.5, 0.6) is 0 Å². The van der Waals surface area contributed by atoms with E-state index in [9.17, 15) is 14.4 Å². The average Bonchev–Trinajstić information content (AvgIpc) is 3.04. The fourth-order valence-electron chi connectivity index (χ4n) is 3.42. The topological polar surface area (TPSA) is 78.5 Å². The van der Waals surface area contributed by atoms with Crippen LogP contribution in [0.4, 0.5) is 10.5 Å². The molecule has 1 aliphatic carbocycles. The van der Waals surface area contributed by atoms with Crippen LogP contribution in [0.25, 0.3) is 0 Å². The Morgan fingerprint density at radius 3 is 2.61 bits per heavy atom. The van der Waals surface area contributed by atoms with Gasteiger partial charge in [-0.15, -0.1) is 0 Å². The first-order valence-electron chi connectivity index (χ1n) is 7.92. The number of imide groups is 1. The molecule has 0 radical (unpaired) electrons. The molecule has 0 unspecified atom stereocenters. The molecule has 122 valence electrons. The molecule has 1 saturated heterocycles. The van der Waals surface area contributed by atoms with Crippen molar-refractivity contribution in [3.63, 3.8) is 0 Å². The van der Waals surface area contributed by atoms with Gasteiger partial charge >= 0.3 is 6.03 Å². The summed E-state index contributed by atoms with van der Waals surface area (Å²) in [6.45, 7) is 3.64. The largest absolute Gasteiger partial charge is 0.325 e. The number of amides is 4. The summed E-state index contributed by atoms with van der Waals surface area (Å²) in [5.41, 5.74) is 1.99. The number of benzene rings is 1. The van der Waals surface area contributed by atoms with E-state index in [0.29, 0.717) is 18.5 Å². The molecule has 1 spiro atoms. The Balaban J connectivity index is 1.68. The van der Waals surface area contributed by atoms with Crippen molar-refractivity contribution in [2.24, 2.45) is 0 Å². The van der Waals surface area contributed by atoms with Crippen LogP contribution in [-0.2, 0) is 9.59 Å². The number of rotatable bonds is 3. The molecule has 4 amide bonds. The van der Waals surface area contributed by atoms with E-state index in [1.165, 1.54) is 0 Å². The second-order valence-electron chi connectivity index (χ2n) is 6.48. The highest BCUT2D eigenvalue weighted by molar-refractivity contribution is 6.10. The Bertz CT molecular complexity index is 678. The minimum Gasteiger partial charge on any atom is -0.324 e. The molecular weight excluding hydrogens is 294 g/mol. The predicted molar refractivity (Wildman–Crippen MR) is 86.0 cm³/mol. The van der Waals surface area contributed by atoms with Crippen LogP contribution < -0.4 is 10.6 Å². The Morgan fingerprint density at radius 2 is 1.96 bits per heavy atom. The van der Waals surface area contributed by atoms with Crippen LogP contribution in [0.15, 0.2) is 18.2 Å². The summed E-state index contributed by atoms with van der Waals surface area (Å²) in [4.78, 5) is 37.8. The van der Waals surface area contributed by atoms with Gasteiger partial charge in [0.15, 0.2) is 0 Å². The number of hydrogen-bond acceptors (Lipinski definition) is 3. The Morgan fingerprint density at radius 1 is 1.26 bits per heavy atom. The van der Waals surface area contributed by atoms with Crippen molar-refractivity contribution in [2.45, 2.75) is 45.1 Å². The van der Waals surface area contributed by atoms with Gasteiger partial charge < -0.3 is 10.6 Å². The number of carbonyl (C=O) groups excluding carboxylic acids is 3. The van der Waals surface area contributed by atoms with Gasteiger partial charge in [-0.2, -0.15) is 0 Å². The summed E-state index contributed by atoms with van der Waals surface area (Å²) in [7, 11) is 0. The first-order chi connectivity index (χ1) is 10.9. The summed E-state index contributed by atoms with van der Waals surface area (Å²) >= 11 is 0. The number of aryl methyl sites for hydroxylation is 2. The maximum atomic E-state index is 12.5. The molecule has 2 N–H and O–H groups in total. The van der Waals surface area contributed by atoms with Gasteiger partial charge in [-0.1, -0.05) is 30.5 Å². The summed E-state index contributed by atoms with van der Waals surface area (Å²) in [6.07, 6.45) is 3.17. The van der Waals surface area contributed by atoms with E-state index in [1.807, 2.05) is 32.0 Å². The molecule has 0 aromatic heterocycles. The standard InChI is InChI=1S/C17H21N3O3/c1-11-5-6-13(12(2)9-11)18-14(21)10-20-15(22)17(19-16(20)23)7-3-4-8-17/h5-6,9H,3-4,7-8,10H2,1-2H3,(H,18,21)(H,19,23). The van der Waals surface area contributed by atoms with Crippen LogP contribution >= 0.6 is 0 Å². The Kier molecular flexibility index (Phi) is 3.83. The third-order valence-corrected chi connectivity index (χ3v) is 4.66. The molecule has 2 fully saturated rings. The van der Waals surface area contributed by atoms with Gasteiger partial charge in [0.2, 0.25) is 5.91 Å². The zero-order valence-corrected chi connectivity index (χ0v) is 13.4. The third kappa shape index (κ3) is 2.81. The SMILES string of the molecule is Cc1ccc(NC(=O)CN2C(=O)NC3(CCCC3)C2=O)c(C)c1. The Labute approximate surface area is 135 Å². The number of hydrogen-bond donors (Lipinski definition) is 2. The van der Waals surface area contributed by atoms with Crippen molar-refractivity contribution < 1.29 is 14.4 Å². The highest BCUT2D eigenvalue weighted by atomic mass is 16.2. The smallest absolute Gasteiger partial charge is 0.324 e. The predicted octanol–water partition coefficient (Wildman–Crippen LogP) is 2.11. The van der Waals surface area contributed by atoms with Crippen LogP contribution in [0.3, 0.4) is 0 Å². The summed E-state index contributed by atoms with van der Waals surface area (Å²) in [5, 5.41) is 5.55. The number of carbonyl (C=O) groups is 3. The molecule has 6 heteroatoms.